The first-order valence-corrected chi connectivity index (χ1v) is 4.68. The number of rotatable bonds is 1. The van der Waals surface area contributed by atoms with Gasteiger partial charge in [0.1, 0.15) is 0 Å². The van der Waals surface area contributed by atoms with E-state index in [2.05, 4.69) is 5.32 Å². The van der Waals surface area contributed by atoms with Gasteiger partial charge in [-0.3, -0.25) is 4.90 Å². The first-order valence-electron chi connectivity index (χ1n) is 4.68. The maximum absolute atomic E-state index is 12.6. The summed E-state index contributed by atoms with van der Waals surface area (Å²) in [6.45, 7) is 7.85. The van der Waals surface area contributed by atoms with Crippen molar-refractivity contribution in [1.29, 1.82) is 0 Å². The molecule has 0 saturated carbocycles. The number of hydrogen-bond donors (Lipinski definition) is 1. The van der Waals surface area contributed by atoms with Crippen molar-refractivity contribution in [2.45, 2.75) is 38.8 Å². The third-order valence-electron chi connectivity index (χ3n) is 2.44. The fourth-order valence-corrected chi connectivity index (χ4v) is 1.78. The summed E-state index contributed by atoms with van der Waals surface area (Å²) in [7, 11) is 0. The lowest BCUT2D eigenvalue weighted by atomic mass is 10.0. The molecule has 0 aromatic carbocycles. The molecule has 0 spiro atoms. The number of hydrogen-bond acceptors (Lipinski definition) is 2. The lowest BCUT2D eigenvalue weighted by Crippen LogP contribution is -2.60. The van der Waals surface area contributed by atoms with Crippen LogP contribution in [0.25, 0.3) is 0 Å². The molecule has 0 amide bonds. The Labute approximate surface area is 78.3 Å². The summed E-state index contributed by atoms with van der Waals surface area (Å²) in [6.07, 6.45) is -2.26. The van der Waals surface area contributed by atoms with Gasteiger partial charge >= 0.3 is 0 Å². The summed E-state index contributed by atoms with van der Waals surface area (Å²) in [5.74, 6) is 0. The van der Waals surface area contributed by atoms with Crippen LogP contribution in [0.1, 0.15) is 20.8 Å². The maximum atomic E-state index is 12.6. The van der Waals surface area contributed by atoms with E-state index in [1.54, 1.807) is 0 Å². The van der Waals surface area contributed by atoms with Crippen LogP contribution >= 0.6 is 0 Å². The van der Waals surface area contributed by atoms with Gasteiger partial charge in [-0.05, 0) is 20.8 Å². The first-order chi connectivity index (χ1) is 5.93. The van der Waals surface area contributed by atoms with Crippen LogP contribution in [0.15, 0.2) is 0 Å². The van der Waals surface area contributed by atoms with Crippen molar-refractivity contribution in [3.63, 3.8) is 0 Å². The smallest absolute Gasteiger partial charge is 0.255 e. The molecule has 0 aliphatic carbocycles. The van der Waals surface area contributed by atoms with Crippen LogP contribution in [0.2, 0.25) is 0 Å². The molecule has 78 valence electrons. The van der Waals surface area contributed by atoms with E-state index in [0.29, 0.717) is 13.1 Å². The van der Waals surface area contributed by atoms with Crippen molar-refractivity contribution >= 4 is 0 Å². The van der Waals surface area contributed by atoms with E-state index < -0.39 is 12.5 Å². The molecule has 0 aromatic rings. The Morgan fingerprint density at radius 2 is 2.00 bits per heavy atom. The van der Waals surface area contributed by atoms with Crippen LogP contribution in [-0.4, -0.2) is 42.5 Å². The standard InChI is InChI=1S/C9H18F2N2/c1-9(2,3)13-5-4-12-6-7(13)8(10)11/h7-8,12H,4-6H2,1-3H3. The molecule has 0 radical (unpaired) electrons. The van der Waals surface area contributed by atoms with E-state index in [-0.39, 0.29) is 5.54 Å². The van der Waals surface area contributed by atoms with Crippen LogP contribution in [0.3, 0.4) is 0 Å². The minimum atomic E-state index is -2.26. The van der Waals surface area contributed by atoms with Gasteiger partial charge in [0.05, 0.1) is 6.04 Å². The fourth-order valence-electron chi connectivity index (χ4n) is 1.78. The molecular formula is C9H18F2N2. The van der Waals surface area contributed by atoms with Gasteiger partial charge in [0.15, 0.2) is 0 Å². The largest absolute Gasteiger partial charge is 0.314 e. The zero-order chi connectivity index (χ0) is 10.1. The predicted octanol–water partition coefficient (Wildman–Crippen LogP) is 1.32. The Morgan fingerprint density at radius 3 is 2.38 bits per heavy atom. The topological polar surface area (TPSA) is 15.3 Å². The Morgan fingerprint density at radius 1 is 1.38 bits per heavy atom. The quantitative estimate of drug-likeness (QED) is 0.674. The summed E-state index contributed by atoms with van der Waals surface area (Å²) in [5, 5.41) is 3.00. The average Bonchev–Trinajstić information content (AvgIpc) is 2.03. The third kappa shape index (κ3) is 2.61. The fraction of sp³-hybridized carbons (Fsp3) is 1.00. The highest BCUT2D eigenvalue weighted by atomic mass is 19.3. The minimum Gasteiger partial charge on any atom is -0.314 e. The van der Waals surface area contributed by atoms with Gasteiger partial charge in [-0.2, -0.15) is 0 Å². The molecule has 0 bridgehead atoms. The van der Waals surface area contributed by atoms with Gasteiger partial charge in [0.25, 0.3) is 6.43 Å². The Bertz CT molecular complexity index is 165. The van der Waals surface area contributed by atoms with Gasteiger partial charge in [0.2, 0.25) is 0 Å². The van der Waals surface area contributed by atoms with Gasteiger partial charge in [-0.15, -0.1) is 0 Å². The highest BCUT2D eigenvalue weighted by molar-refractivity contribution is 4.89. The van der Waals surface area contributed by atoms with Crippen molar-refractivity contribution < 1.29 is 8.78 Å². The van der Waals surface area contributed by atoms with Gasteiger partial charge in [-0.1, -0.05) is 0 Å². The predicted molar refractivity (Wildman–Crippen MR) is 49.1 cm³/mol. The van der Waals surface area contributed by atoms with Gasteiger partial charge < -0.3 is 5.32 Å². The van der Waals surface area contributed by atoms with Crippen LogP contribution in [0.4, 0.5) is 8.78 Å². The summed E-state index contributed by atoms with van der Waals surface area (Å²) < 4.78 is 25.2. The lowest BCUT2D eigenvalue weighted by molar-refractivity contribution is -0.0314. The Hall–Kier alpha value is -0.220. The summed E-state index contributed by atoms with van der Waals surface area (Å²) in [4.78, 5) is 1.88. The van der Waals surface area contributed by atoms with E-state index in [1.165, 1.54) is 0 Å². The number of nitrogens with one attached hydrogen (secondary N) is 1. The number of alkyl halides is 2. The van der Waals surface area contributed by atoms with Crippen molar-refractivity contribution in [3.8, 4) is 0 Å². The second-order valence-corrected chi connectivity index (χ2v) is 4.47. The van der Waals surface area contributed by atoms with E-state index in [9.17, 15) is 8.78 Å². The Balaban J connectivity index is 2.67. The van der Waals surface area contributed by atoms with Crippen molar-refractivity contribution in [1.82, 2.24) is 10.2 Å². The lowest BCUT2D eigenvalue weighted by Gasteiger charge is -2.44. The molecule has 1 saturated heterocycles. The molecule has 1 atom stereocenters. The van der Waals surface area contributed by atoms with E-state index in [4.69, 9.17) is 0 Å². The summed E-state index contributed by atoms with van der Waals surface area (Å²) in [6, 6.07) is -0.631. The average molecular weight is 192 g/mol. The highest BCUT2D eigenvalue weighted by Gasteiger charge is 2.36. The molecule has 1 heterocycles. The molecule has 1 aliphatic heterocycles. The molecule has 13 heavy (non-hydrogen) atoms. The van der Waals surface area contributed by atoms with Crippen molar-refractivity contribution in [2.75, 3.05) is 19.6 Å². The van der Waals surface area contributed by atoms with E-state index >= 15 is 0 Å². The van der Waals surface area contributed by atoms with Crippen LogP contribution < -0.4 is 5.32 Å². The van der Waals surface area contributed by atoms with Crippen LogP contribution in [0.5, 0.6) is 0 Å². The number of nitrogens with zero attached hydrogens (tertiary/aromatic N) is 1. The molecule has 1 rings (SSSR count). The molecule has 1 unspecified atom stereocenters. The van der Waals surface area contributed by atoms with Crippen molar-refractivity contribution in [2.24, 2.45) is 0 Å². The van der Waals surface area contributed by atoms with E-state index in [1.807, 2.05) is 25.7 Å². The number of piperazine rings is 1. The molecular weight excluding hydrogens is 174 g/mol. The minimum absolute atomic E-state index is 0.163. The van der Waals surface area contributed by atoms with Crippen LogP contribution in [-0.2, 0) is 0 Å². The normalized spacial score (nSPS) is 26.8. The van der Waals surface area contributed by atoms with E-state index in [0.717, 1.165) is 6.54 Å². The van der Waals surface area contributed by atoms with Gasteiger partial charge in [0, 0.05) is 25.2 Å². The van der Waals surface area contributed by atoms with Crippen molar-refractivity contribution in [3.05, 3.63) is 0 Å². The van der Waals surface area contributed by atoms with Gasteiger partial charge in [-0.25, -0.2) is 8.78 Å². The zero-order valence-corrected chi connectivity index (χ0v) is 8.48. The maximum Gasteiger partial charge on any atom is 0.255 e. The molecule has 0 aromatic heterocycles. The van der Waals surface area contributed by atoms with Crippen LogP contribution in [0, 0.1) is 0 Å². The molecule has 4 heteroatoms. The Kier molecular flexibility index (Phi) is 3.24. The summed E-state index contributed by atoms with van der Waals surface area (Å²) in [5.41, 5.74) is -0.163. The molecule has 1 N–H and O–H groups in total. The second kappa shape index (κ2) is 3.88. The molecule has 1 aliphatic rings. The highest BCUT2D eigenvalue weighted by Crippen LogP contribution is 2.21. The zero-order valence-electron chi connectivity index (χ0n) is 8.48. The molecule has 2 nitrogen and oxygen atoms in total. The third-order valence-corrected chi connectivity index (χ3v) is 2.44. The second-order valence-electron chi connectivity index (χ2n) is 4.47. The number of halogens is 2. The first kappa shape index (κ1) is 10.9. The molecule has 1 fully saturated rings. The monoisotopic (exact) mass is 192 g/mol. The summed E-state index contributed by atoms with van der Waals surface area (Å²) >= 11 is 0. The SMILES string of the molecule is CC(C)(C)N1CCNCC1C(F)F.